The first-order chi connectivity index (χ1) is 9.24. The average Bonchev–Trinajstić information content (AvgIpc) is 3.05. The van der Waals surface area contributed by atoms with Crippen molar-refractivity contribution >= 4 is 21.7 Å². The highest BCUT2D eigenvalue weighted by Crippen LogP contribution is 2.34. The Balaban J connectivity index is 1.68. The molecule has 0 bridgehead atoms. The van der Waals surface area contributed by atoms with E-state index in [0.717, 1.165) is 42.5 Å². The SMILES string of the molecule is O=C(CCc1cc(Br)cc2c1OCC2)C1CCCC1. The van der Waals surface area contributed by atoms with Gasteiger partial charge in [0.2, 0.25) is 0 Å². The van der Waals surface area contributed by atoms with Gasteiger partial charge < -0.3 is 4.74 Å². The highest BCUT2D eigenvalue weighted by molar-refractivity contribution is 9.10. The Hall–Kier alpha value is -0.830. The van der Waals surface area contributed by atoms with Crippen molar-refractivity contribution in [3.05, 3.63) is 27.7 Å². The summed E-state index contributed by atoms with van der Waals surface area (Å²) < 4.78 is 6.81. The van der Waals surface area contributed by atoms with E-state index in [4.69, 9.17) is 4.74 Å². The number of rotatable bonds is 4. The van der Waals surface area contributed by atoms with Crippen LogP contribution >= 0.6 is 15.9 Å². The molecule has 19 heavy (non-hydrogen) atoms. The smallest absolute Gasteiger partial charge is 0.136 e. The van der Waals surface area contributed by atoms with Gasteiger partial charge in [0, 0.05) is 23.2 Å². The summed E-state index contributed by atoms with van der Waals surface area (Å²) in [5.74, 6) is 1.81. The van der Waals surface area contributed by atoms with Crippen molar-refractivity contribution in [3.8, 4) is 5.75 Å². The minimum atomic E-state index is 0.334. The van der Waals surface area contributed by atoms with Gasteiger partial charge in [0.25, 0.3) is 0 Å². The third-order valence-electron chi connectivity index (χ3n) is 4.28. The summed E-state index contributed by atoms with van der Waals surface area (Å²) >= 11 is 3.55. The lowest BCUT2D eigenvalue weighted by Gasteiger charge is -2.11. The minimum absolute atomic E-state index is 0.334. The molecule has 0 N–H and O–H groups in total. The maximum Gasteiger partial charge on any atom is 0.136 e. The zero-order valence-corrected chi connectivity index (χ0v) is 12.7. The summed E-state index contributed by atoms with van der Waals surface area (Å²) in [6, 6.07) is 4.23. The van der Waals surface area contributed by atoms with E-state index in [9.17, 15) is 4.79 Å². The van der Waals surface area contributed by atoms with Crippen LogP contribution in [0.4, 0.5) is 0 Å². The van der Waals surface area contributed by atoms with Crippen molar-refractivity contribution in [1.82, 2.24) is 0 Å². The van der Waals surface area contributed by atoms with Gasteiger partial charge in [-0.25, -0.2) is 0 Å². The summed E-state index contributed by atoms with van der Waals surface area (Å²) in [4.78, 5) is 12.2. The van der Waals surface area contributed by atoms with E-state index in [1.807, 2.05) is 0 Å². The Morgan fingerprint density at radius 1 is 1.32 bits per heavy atom. The maximum atomic E-state index is 12.2. The Morgan fingerprint density at radius 2 is 2.11 bits per heavy atom. The lowest BCUT2D eigenvalue weighted by Crippen LogP contribution is -2.11. The number of benzene rings is 1. The van der Waals surface area contributed by atoms with Gasteiger partial charge in [0.1, 0.15) is 11.5 Å². The minimum Gasteiger partial charge on any atom is -0.493 e. The fraction of sp³-hybridized carbons (Fsp3) is 0.562. The van der Waals surface area contributed by atoms with Crippen LogP contribution in [-0.4, -0.2) is 12.4 Å². The normalized spacial score (nSPS) is 18.4. The third kappa shape index (κ3) is 2.86. The molecule has 0 radical (unpaired) electrons. The highest BCUT2D eigenvalue weighted by atomic mass is 79.9. The molecule has 0 spiro atoms. The van der Waals surface area contributed by atoms with Crippen LogP contribution in [0.25, 0.3) is 0 Å². The summed E-state index contributed by atoms with van der Waals surface area (Å²) in [5.41, 5.74) is 2.46. The molecule has 1 fully saturated rings. The molecule has 0 aromatic heterocycles. The molecule has 2 nitrogen and oxygen atoms in total. The van der Waals surface area contributed by atoms with Crippen LogP contribution in [0, 0.1) is 5.92 Å². The van der Waals surface area contributed by atoms with E-state index in [-0.39, 0.29) is 0 Å². The monoisotopic (exact) mass is 322 g/mol. The highest BCUT2D eigenvalue weighted by Gasteiger charge is 2.23. The Morgan fingerprint density at radius 3 is 2.89 bits per heavy atom. The first-order valence-electron chi connectivity index (χ1n) is 7.21. The van der Waals surface area contributed by atoms with Crippen molar-refractivity contribution in [1.29, 1.82) is 0 Å². The van der Waals surface area contributed by atoms with Crippen molar-refractivity contribution in [2.75, 3.05) is 6.61 Å². The molecule has 3 rings (SSSR count). The summed E-state index contributed by atoms with van der Waals surface area (Å²) in [6.45, 7) is 0.773. The lowest BCUT2D eigenvalue weighted by molar-refractivity contribution is -0.122. The van der Waals surface area contributed by atoms with Crippen LogP contribution in [0.2, 0.25) is 0 Å². The Bertz CT molecular complexity index is 490. The molecule has 1 aliphatic heterocycles. The molecule has 1 saturated carbocycles. The maximum absolute atomic E-state index is 12.2. The second kappa shape index (κ2) is 5.66. The van der Waals surface area contributed by atoms with Crippen molar-refractivity contribution in [2.45, 2.75) is 44.9 Å². The first kappa shape index (κ1) is 13.2. The molecule has 1 aromatic carbocycles. The molecule has 1 heterocycles. The molecule has 3 heteroatoms. The summed E-state index contributed by atoms with van der Waals surface area (Å²) in [5, 5.41) is 0. The summed E-state index contributed by atoms with van der Waals surface area (Å²) in [7, 11) is 0. The van der Waals surface area contributed by atoms with Gasteiger partial charge in [-0.2, -0.15) is 0 Å². The van der Waals surface area contributed by atoms with Crippen LogP contribution in [0.1, 0.15) is 43.2 Å². The Labute approximate surface area is 122 Å². The molecule has 1 aromatic rings. The van der Waals surface area contributed by atoms with Crippen LogP contribution in [0.5, 0.6) is 5.75 Å². The van der Waals surface area contributed by atoms with Crippen molar-refractivity contribution in [3.63, 3.8) is 0 Å². The van der Waals surface area contributed by atoms with Gasteiger partial charge >= 0.3 is 0 Å². The predicted molar refractivity (Wildman–Crippen MR) is 78.6 cm³/mol. The number of aryl methyl sites for hydroxylation is 1. The predicted octanol–water partition coefficient (Wildman–Crippen LogP) is 4.08. The van der Waals surface area contributed by atoms with Gasteiger partial charge in [0.05, 0.1) is 6.61 Å². The molecular weight excluding hydrogens is 304 g/mol. The zero-order chi connectivity index (χ0) is 13.2. The number of carbonyl (C=O) groups excluding carboxylic acids is 1. The van der Waals surface area contributed by atoms with Crippen LogP contribution in [0.15, 0.2) is 16.6 Å². The van der Waals surface area contributed by atoms with E-state index in [0.29, 0.717) is 18.1 Å². The van der Waals surface area contributed by atoms with Crippen molar-refractivity contribution in [2.24, 2.45) is 5.92 Å². The van der Waals surface area contributed by atoms with E-state index >= 15 is 0 Å². The van der Waals surface area contributed by atoms with Gasteiger partial charge in [-0.1, -0.05) is 28.8 Å². The zero-order valence-electron chi connectivity index (χ0n) is 11.1. The standard InChI is InChI=1S/C16H19BrO2/c17-14-9-12(16-13(10-14)7-8-19-16)5-6-15(18)11-3-1-2-4-11/h9-11H,1-8H2. The summed E-state index contributed by atoms with van der Waals surface area (Å²) in [6.07, 6.45) is 7.13. The number of ether oxygens (including phenoxy) is 1. The molecule has 0 atom stereocenters. The number of hydrogen-bond donors (Lipinski definition) is 0. The number of hydrogen-bond acceptors (Lipinski definition) is 2. The lowest BCUT2D eigenvalue weighted by atomic mass is 9.96. The van der Waals surface area contributed by atoms with Gasteiger partial charge in [-0.15, -0.1) is 0 Å². The number of halogens is 1. The third-order valence-corrected chi connectivity index (χ3v) is 4.73. The number of fused-ring (bicyclic) bond motifs is 1. The second-order valence-electron chi connectivity index (χ2n) is 5.60. The molecule has 0 unspecified atom stereocenters. The van der Waals surface area contributed by atoms with Crippen LogP contribution in [-0.2, 0) is 17.6 Å². The first-order valence-corrected chi connectivity index (χ1v) is 8.00. The van der Waals surface area contributed by atoms with E-state index in [1.54, 1.807) is 0 Å². The molecule has 102 valence electrons. The number of carbonyl (C=O) groups is 1. The van der Waals surface area contributed by atoms with E-state index < -0.39 is 0 Å². The van der Waals surface area contributed by atoms with Crippen LogP contribution in [0.3, 0.4) is 0 Å². The van der Waals surface area contributed by atoms with E-state index in [2.05, 4.69) is 28.1 Å². The largest absolute Gasteiger partial charge is 0.493 e. The van der Waals surface area contributed by atoms with Gasteiger partial charge in [0.15, 0.2) is 0 Å². The van der Waals surface area contributed by atoms with Crippen molar-refractivity contribution < 1.29 is 9.53 Å². The number of ketones is 1. The topological polar surface area (TPSA) is 26.3 Å². The fourth-order valence-electron chi connectivity index (χ4n) is 3.24. The second-order valence-corrected chi connectivity index (χ2v) is 6.51. The molecule has 2 aliphatic rings. The molecule has 0 saturated heterocycles. The molecular formula is C16H19BrO2. The Kier molecular flexibility index (Phi) is 3.92. The molecule has 0 amide bonds. The van der Waals surface area contributed by atoms with Crippen LogP contribution < -0.4 is 4.74 Å². The molecule has 1 aliphatic carbocycles. The average molecular weight is 323 g/mol. The number of Topliss-reactive ketones (excluding diaryl/α,β-unsaturated/α-hetero) is 1. The quantitative estimate of drug-likeness (QED) is 0.835. The van der Waals surface area contributed by atoms with E-state index in [1.165, 1.54) is 24.0 Å². The van der Waals surface area contributed by atoms with Gasteiger partial charge in [-0.05, 0) is 42.5 Å². The van der Waals surface area contributed by atoms with Gasteiger partial charge in [-0.3, -0.25) is 4.79 Å². The fourth-order valence-corrected chi connectivity index (χ4v) is 3.79.